The number of ether oxygens (including phenoxy) is 1. The van der Waals surface area contributed by atoms with Crippen molar-refractivity contribution in [3.63, 3.8) is 0 Å². The number of aliphatic imine (C=N–C) groups is 1. The van der Waals surface area contributed by atoms with Gasteiger partial charge in [0.15, 0.2) is 0 Å². The minimum atomic E-state index is -0.803. The first-order chi connectivity index (χ1) is 14.0. The Morgan fingerprint density at radius 2 is 1.83 bits per heavy atom. The number of imide groups is 1. The lowest BCUT2D eigenvalue weighted by molar-refractivity contribution is -0.141. The van der Waals surface area contributed by atoms with Crippen molar-refractivity contribution in [2.75, 3.05) is 6.61 Å². The first kappa shape index (κ1) is 18.6. The summed E-state index contributed by atoms with van der Waals surface area (Å²) < 4.78 is 6.97. The normalized spacial score (nSPS) is 17.7. The Morgan fingerprint density at radius 3 is 2.59 bits per heavy atom. The average Bonchev–Trinajstić information content (AvgIpc) is 3.19. The van der Waals surface area contributed by atoms with Crippen molar-refractivity contribution in [3.8, 4) is 0 Å². The molecule has 1 atom stereocenters. The number of amides is 2. The van der Waals surface area contributed by atoms with E-state index in [2.05, 4.69) is 10.3 Å². The van der Waals surface area contributed by atoms with E-state index in [0.29, 0.717) is 17.8 Å². The molecule has 7 nitrogen and oxygen atoms in total. The number of carbonyl (C=O) groups excluding carboxylic acids is 3. The van der Waals surface area contributed by atoms with Crippen molar-refractivity contribution in [2.24, 2.45) is 4.99 Å². The molecule has 1 fully saturated rings. The van der Waals surface area contributed by atoms with E-state index in [1.807, 2.05) is 53.2 Å². The summed E-state index contributed by atoms with van der Waals surface area (Å²) in [4.78, 5) is 40.6. The molecule has 2 amide bonds. The average molecular weight is 389 g/mol. The van der Waals surface area contributed by atoms with Gasteiger partial charge in [0.1, 0.15) is 18.2 Å². The van der Waals surface area contributed by atoms with E-state index in [-0.39, 0.29) is 18.3 Å². The lowest BCUT2D eigenvalue weighted by atomic mass is 9.95. The number of hydrogen-bond acceptors (Lipinski definition) is 5. The Labute approximate surface area is 167 Å². The van der Waals surface area contributed by atoms with Crippen molar-refractivity contribution >= 4 is 40.1 Å². The number of aromatic nitrogens is 1. The number of nitrogens with one attached hydrogen (secondary N) is 1. The van der Waals surface area contributed by atoms with Gasteiger partial charge >= 0.3 is 5.97 Å². The highest BCUT2D eigenvalue weighted by Crippen LogP contribution is 2.32. The van der Waals surface area contributed by atoms with Crippen LogP contribution in [0.2, 0.25) is 0 Å². The highest BCUT2D eigenvalue weighted by molar-refractivity contribution is 6.52. The SMILES string of the molecule is CC(=O)OCCn1cc(C2C(=O)NC(=O)C2=Nc2ccccc2)c2ccccc21. The first-order valence-corrected chi connectivity index (χ1v) is 9.24. The molecule has 2 aromatic carbocycles. The van der Waals surface area contributed by atoms with E-state index in [0.717, 1.165) is 10.9 Å². The van der Waals surface area contributed by atoms with E-state index in [1.54, 1.807) is 12.1 Å². The Hall–Kier alpha value is -3.74. The van der Waals surface area contributed by atoms with Gasteiger partial charge in [-0.3, -0.25) is 19.7 Å². The number of nitrogens with zero attached hydrogens (tertiary/aromatic N) is 2. The molecule has 0 saturated carbocycles. The van der Waals surface area contributed by atoms with Gasteiger partial charge in [0.05, 0.1) is 12.2 Å². The van der Waals surface area contributed by atoms with Gasteiger partial charge in [-0.25, -0.2) is 4.99 Å². The fraction of sp³-hybridized carbons (Fsp3) is 0.182. The van der Waals surface area contributed by atoms with Gasteiger partial charge in [0, 0.05) is 24.0 Å². The quantitative estimate of drug-likeness (QED) is 0.537. The second-order valence-electron chi connectivity index (χ2n) is 6.72. The molecule has 2 heterocycles. The molecule has 1 unspecified atom stereocenters. The molecule has 29 heavy (non-hydrogen) atoms. The van der Waals surface area contributed by atoms with Gasteiger partial charge in [-0.15, -0.1) is 0 Å². The molecule has 0 bridgehead atoms. The number of carbonyl (C=O) groups is 3. The molecule has 4 rings (SSSR count). The Bertz CT molecular complexity index is 1130. The Kier molecular flexibility index (Phi) is 4.95. The summed E-state index contributed by atoms with van der Waals surface area (Å²) in [6.45, 7) is 2.02. The van der Waals surface area contributed by atoms with Crippen LogP contribution in [0.1, 0.15) is 18.4 Å². The van der Waals surface area contributed by atoms with Gasteiger partial charge in [-0.05, 0) is 23.8 Å². The van der Waals surface area contributed by atoms with Crippen LogP contribution >= 0.6 is 0 Å². The highest BCUT2D eigenvalue weighted by Gasteiger charge is 2.40. The number of benzene rings is 2. The molecule has 1 aromatic heterocycles. The third-order valence-electron chi connectivity index (χ3n) is 4.78. The van der Waals surface area contributed by atoms with Crippen LogP contribution in [0.4, 0.5) is 5.69 Å². The summed E-state index contributed by atoms with van der Waals surface area (Å²) >= 11 is 0. The smallest absolute Gasteiger partial charge is 0.302 e. The molecule has 0 radical (unpaired) electrons. The maximum absolute atomic E-state index is 12.7. The van der Waals surface area contributed by atoms with E-state index in [4.69, 9.17) is 4.74 Å². The zero-order chi connectivity index (χ0) is 20.4. The third-order valence-corrected chi connectivity index (χ3v) is 4.78. The van der Waals surface area contributed by atoms with Crippen molar-refractivity contribution in [3.05, 3.63) is 66.4 Å². The predicted octanol–water partition coefficient (Wildman–Crippen LogP) is 2.72. The predicted molar refractivity (Wildman–Crippen MR) is 108 cm³/mol. The molecule has 0 spiro atoms. The zero-order valence-electron chi connectivity index (χ0n) is 15.8. The van der Waals surface area contributed by atoms with Crippen molar-refractivity contribution in [1.82, 2.24) is 9.88 Å². The summed E-state index contributed by atoms with van der Waals surface area (Å²) in [6.07, 6.45) is 1.83. The molecule has 1 aliphatic heterocycles. The molecular formula is C22H19N3O4. The van der Waals surface area contributed by atoms with Crippen molar-refractivity contribution in [2.45, 2.75) is 19.4 Å². The van der Waals surface area contributed by atoms with Crippen LogP contribution < -0.4 is 5.32 Å². The number of hydrogen-bond donors (Lipinski definition) is 1. The summed E-state index contributed by atoms with van der Waals surface area (Å²) in [7, 11) is 0. The second-order valence-corrected chi connectivity index (χ2v) is 6.72. The Balaban J connectivity index is 1.78. The number of fused-ring (bicyclic) bond motifs is 1. The zero-order valence-corrected chi connectivity index (χ0v) is 15.8. The summed E-state index contributed by atoms with van der Waals surface area (Å²) in [5, 5.41) is 3.23. The molecule has 146 valence electrons. The minimum absolute atomic E-state index is 0.170. The first-order valence-electron chi connectivity index (χ1n) is 9.24. The standard InChI is InChI=1S/C22H19N3O4/c1-14(26)29-12-11-25-13-17(16-9-5-6-10-18(16)25)19-20(22(28)24-21(19)27)23-15-7-3-2-4-8-15/h2-10,13,19H,11-12H2,1H3,(H,24,27,28). The summed E-state index contributed by atoms with van der Waals surface area (Å²) in [5.41, 5.74) is 2.36. The molecule has 1 saturated heterocycles. The van der Waals surface area contributed by atoms with Crippen LogP contribution in [0, 0.1) is 0 Å². The van der Waals surface area contributed by atoms with Gasteiger partial charge < -0.3 is 9.30 Å². The second kappa shape index (κ2) is 7.71. The molecule has 0 aliphatic carbocycles. The van der Waals surface area contributed by atoms with E-state index < -0.39 is 17.7 Å². The summed E-state index contributed by atoms with van der Waals surface area (Å²) in [6, 6.07) is 16.7. The topological polar surface area (TPSA) is 89.8 Å². The van der Waals surface area contributed by atoms with Gasteiger partial charge in [-0.1, -0.05) is 36.4 Å². The van der Waals surface area contributed by atoms with E-state index >= 15 is 0 Å². The monoisotopic (exact) mass is 389 g/mol. The van der Waals surface area contributed by atoms with Gasteiger partial charge in [0.2, 0.25) is 5.91 Å². The van der Waals surface area contributed by atoms with E-state index in [9.17, 15) is 14.4 Å². The van der Waals surface area contributed by atoms with Crippen molar-refractivity contribution < 1.29 is 19.1 Å². The summed E-state index contributed by atoms with van der Waals surface area (Å²) in [5.74, 6) is -2.03. The largest absolute Gasteiger partial charge is 0.464 e. The van der Waals surface area contributed by atoms with Gasteiger partial charge in [0.25, 0.3) is 5.91 Å². The van der Waals surface area contributed by atoms with Crippen LogP contribution in [0.3, 0.4) is 0 Å². The molecule has 1 aliphatic rings. The van der Waals surface area contributed by atoms with Crippen LogP contribution in [-0.4, -0.2) is 34.7 Å². The van der Waals surface area contributed by atoms with Crippen LogP contribution in [0.25, 0.3) is 10.9 Å². The third kappa shape index (κ3) is 3.67. The Morgan fingerprint density at radius 1 is 1.10 bits per heavy atom. The molecular weight excluding hydrogens is 370 g/mol. The minimum Gasteiger partial charge on any atom is -0.464 e. The lowest BCUT2D eigenvalue weighted by Gasteiger charge is -2.07. The molecule has 1 N–H and O–H groups in total. The lowest BCUT2D eigenvalue weighted by Crippen LogP contribution is -2.22. The number of esters is 1. The van der Waals surface area contributed by atoms with Crippen LogP contribution in [0.15, 0.2) is 65.8 Å². The maximum Gasteiger partial charge on any atom is 0.302 e. The fourth-order valence-electron chi connectivity index (χ4n) is 3.53. The van der Waals surface area contributed by atoms with E-state index in [1.165, 1.54) is 6.92 Å². The van der Waals surface area contributed by atoms with Crippen LogP contribution in [-0.2, 0) is 25.7 Å². The number of para-hydroxylation sites is 2. The number of rotatable bonds is 5. The fourth-order valence-corrected chi connectivity index (χ4v) is 3.53. The van der Waals surface area contributed by atoms with Crippen LogP contribution in [0.5, 0.6) is 0 Å². The molecule has 7 heteroatoms. The molecule has 3 aromatic rings. The van der Waals surface area contributed by atoms with Crippen molar-refractivity contribution in [1.29, 1.82) is 0 Å². The highest BCUT2D eigenvalue weighted by atomic mass is 16.5. The van der Waals surface area contributed by atoms with Gasteiger partial charge in [-0.2, -0.15) is 0 Å². The maximum atomic E-state index is 12.7.